The predicted octanol–water partition coefficient (Wildman–Crippen LogP) is 3.83. The fourth-order valence-corrected chi connectivity index (χ4v) is 3.27. The van der Waals surface area contributed by atoms with Crippen molar-refractivity contribution in [3.8, 4) is 0 Å². The molecule has 0 atom stereocenters. The van der Waals surface area contributed by atoms with Crippen molar-refractivity contribution in [2.24, 2.45) is 5.73 Å². The Morgan fingerprint density at radius 3 is 2.71 bits per heavy atom. The number of anilines is 1. The van der Waals surface area contributed by atoms with E-state index in [0.29, 0.717) is 4.99 Å². The van der Waals surface area contributed by atoms with E-state index in [1.165, 1.54) is 19.3 Å². The summed E-state index contributed by atoms with van der Waals surface area (Å²) in [5.41, 5.74) is 8.02. The van der Waals surface area contributed by atoms with Gasteiger partial charge in [-0.05, 0) is 53.7 Å². The van der Waals surface area contributed by atoms with Gasteiger partial charge < -0.3 is 11.1 Å². The molecular weight excluding hydrogens is 296 g/mol. The Morgan fingerprint density at radius 1 is 1.53 bits per heavy atom. The summed E-state index contributed by atoms with van der Waals surface area (Å²) in [6.07, 6.45) is 4.90. The highest BCUT2D eigenvalue weighted by Crippen LogP contribution is 2.39. The number of thiocarbonyl (C=S) groups is 1. The van der Waals surface area contributed by atoms with Crippen molar-refractivity contribution in [3.05, 3.63) is 28.2 Å². The van der Waals surface area contributed by atoms with Gasteiger partial charge in [-0.25, -0.2) is 0 Å². The molecule has 0 heterocycles. The maximum absolute atomic E-state index is 5.80. The van der Waals surface area contributed by atoms with Crippen molar-refractivity contribution in [2.75, 3.05) is 5.32 Å². The molecule has 1 aliphatic carbocycles. The molecule has 1 aliphatic rings. The maximum atomic E-state index is 5.80. The maximum Gasteiger partial charge on any atom is 0.107 e. The van der Waals surface area contributed by atoms with Crippen molar-refractivity contribution in [1.82, 2.24) is 0 Å². The summed E-state index contributed by atoms with van der Waals surface area (Å²) in [6.45, 7) is 2.23. The number of nitrogens with two attached hydrogens (primary N) is 1. The van der Waals surface area contributed by atoms with Crippen LogP contribution in [0.5, 0.6) is 0 Å². The molecule has 0 bridgehead atoms. The van der Waals surface area contributed by atoms with Crippen LogP contribution in [0, 0.1) is 0 Å². The van der Waals surface area contributed by atoms with E-state index >= 15 is 0 Å². The summed E-state index contributed by atoms with van der Waals surface area (Å²) in [6, 6.07) is 6.03. The fourth-order valence-electron chi connectivity index (χ4n) is 2.33. The summed E-state index contributed by atoms with van der Waals surface area (Å²) < 4.78 is 0.959. The van der Waals surface area contributed by atoms with Gasteiger partial charge in [-0.1, -0.05) is 25.2 Å². The zero-order chi connectivity index (χ0) is 12.5. The molecule has 0 radical (unpaired) electrons. The Labute approximate surface area is 116 Å². The first kappa shape index (κ1) is 12.8. The molecule has 1 aromatic carbocycles. The van der Waals surface area contributed by atoms with E-state index in [-0.39, 0.29) is 5.54 Å². The Morgan fingerprint density at radius 2 is 2.24 bits per heavy atom. The second-order valence-corrected chi connectivity index (χ2v) is 5.93. The van der Waals surface area contributed by atoms with Gasteiger partial charge in [0, 0.05) is 21.3 Å². The van der Waals surface area contributed by atoms with Gasteiger partial charge in [0.2, 0.25) is 0 Å². The topological polar surface area (TPSA) is 38.0 Å². The van der Waals surface area contributed by atoms with Crippen LogP contribution >= 0.6 is 28.1 Å². The molecule has 4 heteroatoms. The molecule has 2 nitrogen and oxygen atoms in total. The third kappa shape index (κ3) is 2.47. The minimum atomic E-state index is 0.250. The second-order valence-electron chi connectivity index (χ2n) is 4.64. The van der Waals surface area contributed by atoms with Crippen LogP contribution in [0.3, 0.4) is 0 Å². The van der Waals surface area contributed by atoms with E-state index in [1.807, 2.05) is 12.1 Å². The van der Waals surface area contributed by atoms with Crippen LogP contribution in [0.25, 0.3) is 0 Å². The average molecular weight is 313 g/mol. The molecule has 1 aromatic rings. The highest BCUT2D eigenvalue weighted by molar-refractivity contribution is 9.10. The number of halogens is 1. The number of benzene rings is 1. The first-order valence-electron chi connectivity index (χ1n) is 5.94. The molecule has 0 amide bonds. The van der Waals surface area contributed by atoms with Crippen LogP contribution in [0.1, 0.15) is 38.2 Å². The second kappa shape index (κ2) is 4.94. The zero-order valence-electron chi connectivity index (χ0n) is 9.92. The van der Waals surface area contributed by atoms with Gasteiger partial charge >= 0.3 is 0 Å². The van der Waals surface area contributed by atoms with Crippen molar-refractivity contribution in [1.29, 1.82) is 0 Å². The minimum absolute atomic E-state index is 0.250. The molecule has 0 saturated heterocycles. The van der Waals surface area contributed by atoms with E-state index in [1.54, 1.807) is 0 Å². The van der Waals surface area contributed by atoms with E-state index in [2.05, 4.69) is 34.2 Å². The van der Waals surface area contributed by atoms with Crippen molar-refractivity contribution in [3.63, 3.8) is 0 Å². The Hall–Kier alpha value is -0.610. The van der Waals surface area contributed by atoms with Crippen LogP contribution in [0.15, 0.2) is 22.7 Å². The molecular formula is C13H17BrN2S. The molecule has 0 aliphatic heterocycles. The van der Waals surface area contributed by atoms with Crippen LogP contribution in [-0.4, -0.2) is 10.5 Å². The molecule has 0 aromatic heterocycles. The highest BCUT2D eigenvalue weighted by Gasteiger charge is 2.35. The molecule has 0 unspecified atom stereocenters. The molecule has 92 valence electrons. The normalized spacial score (nSPS) is 17.3. The van der Waals surface area contributed by atoms with E-state index < -0.39 is 0 Å². The van der Waals surface area contributed by atoms with Crippen LogP contribution < -0.4 is 11.1 Å². The van der Waals surface area contributed by atoms with E-state index in [0.717, 1.165) is 22.1 Å². The SMILES string of the molecule is CCC1(Nc2cccc(Br)c2C(N)=S)CCC1. The summed E-state index contributed by atoms with van der Waals surface area (Å²) in [4.78, 5) is 0.436. The van der Waals surface area contributed by atoms with Crippen molar-refractivity contribution < 1.29 is 0 Å². The lowest BCUT2D eigenvalue weighted by Gasteiger charge is -2.43. The lowest BCUT2D eigenvalue weighted by Crippen LogP contribution is -2.44. The van der Waals surface area contributed by atoms with Crippen molar-refractivity contribution in [2.45, 2.75) is 38.1 Å². The fraction of sp³-hybridized carbons (Fsp3) is 0.462. The summed E-state index contributed by atoms with van der Waals surface area (Å²) in [7, 11) is 0. The van der Waals surface area contributed by atoms with E-state index in [4.69, 9.17) is 18.0 Å². The lowest BCUT2D eigenvalue weighted by molar-refractivity contribution is 0.269. The first-order valence-corrected chi connectivity index (χ1v) is 7.14. The van der Waals surface area contributed by atoms with Crippen LogP contribution in [0.2, 0.25) is 0 Å². The van der Waals surface area contributed by atoms with Crippen molar-refractivity contribution >= 4 is 38.8 Å². The summed E-state index contributed by atoms with van der Waals surface area (Å²) in [5, 5.41) is 3.63. The monoisotopic (exact) mass is 312 g/mol. The van der Waals surface area contributed by atoms with Gasteiger partial charge in [-0.15, -0.1) is 0 Å². The molecule has 1 saturated carbocycles. The van der Waals surface area contributed by atoms with Gasteiger partial charge in [0.15, 0.2) is 0 Å². The van der Waals surface area contributed by atoms with Gasteiger partial charge in [-0.3, -0.25) is 0 Å². The largest absolute Gasteiger partial charge is 0.389 e. The number of rotatable bonds is 4. The predicted molar refractivity (Wildman–Crippen MR) is 80.5 cm³/mol. The third-order valence-electron chi connectivity index (χ3n) is 3.65. The van der Waals surface area contributed by atoms with Gasteiger partial charge in [-0.2, -0.15) is 0 Å². The molecule has 0 spiro atoms. The van der Waals surface area contributed by atoms with E-state index in [9.17, 15) is 0 Å². The van der Waals surface area contributed by atoms with Gasteiger partial charge in [0.1, 0.15) is 4.99 Å². The Bertz CT molecular complexity index is 436. The Balaban J connectivity index is 2.32. The first-order chi connectivity index (χ1) is 8.08. The van der Waals surface area contributed by atoms with Gasteiger partial charge in [0.25, 0.3) is 0 Å². The number of nitrogens with one attached hydrogen (secondary N) is 1. The highest BCUT2D eigenvalue weighted by atomic mass is 79.9. The lowest BCUT2D eigenvalue weighted by atomic mass is 9.74. The molecule has 2 rings (SSSR count). The molecule has 3 N–H and O–H groups in total. The zero-order valence-corrected chi connectivity index (χ0v) is 12.3. The van der Waals surface area contributed by atoms with Crippen LogP contribution in [0.4, 0.5) is 5.69 Å². The number of hydrogen-bond donors (Lipinski definition) is 2. The molecule has 17 heavy (non-hydrogen) atoms. The summed E-state index contributed by atoms with van der Waals surface area (Å²) >= 11 is 8.63. The van der Waals surface area contributed by atoms with Gasteiger partial charge in [0.05, 0.1) is 0 Å². The quantitative estimate of drug-likeness (QED) is 0.830. The van der Waals surface area contributed by atoms with Crippen LogP contribution in [-0.2, 0) is 0 Å². The number of hydrogen-bond acceptors (Lipinski definition) is 2. The minimum Gasteiger partial charge on any atom is -0.389 e. The Kier molecular flexibility index (Phi) is 3.73. The smallest absolute Gasteiger partial charge is 0.107 e. The standard InChI is InChI=1S/C13H17BrN2S/c1-2-13(7-4-8-13)16-10-6-3-5-9(14)11(10)12(15)17/h3,5-6,16H,2,4,7-8H2,1H3,(H2,15,17). The molecule has 1 fully saturated rings. The average Bonchev–Trinajstić information content (AvgIpc) is 2.23. The summed E-state index contributed by atoms with van der Waals surface area (Å²) in [5.74, 6) is 0. The third-order valence-corrected chi connectivity index (χ3v) is 4.51.